The minimum Gasteiger partial charge on any atom is -0.393 e. The monoisotopic (exact) mass is 330 g/mol. The van der Waals surface area contributed by atoms with Gasteiger partial charge in [-0.15, -0.1) is 0 Å². The molecule has 2 amide bonds. The molecule has 0 aliphatic carbocycles. The number of rotatable bonds is 3. The van der Waals surface area contributed by atoms with Gasteiger partial charge < -0.3 is 14.9 Å². The number of aryl methyl sites for hydroxylation is 1. The van der Waals surface area contributed by atoms with Gasteiger partial charge in [0.2, 0.25) is 11.8 Å². The van der Waals surface area contributed by atoms with Crippen LogP contribution in [-0.4, -0.2) is 47.6 Å². The predicted octanol–water partition coefficient (Wildman–Crippen LogP) is 1.97. The first-order chi connectivity index (χ1) is 11.5. The molecule has 0 aromatic heterocycles. The second-order valence-corrected chi connectivity index (χ2v) is 7.17. The van der Waals surface area contributed by atoms with Crippen LogP contribution in [0.15, 0.2) is 24.3 Å². The molecule has 0 saturated carbocycles. The van der Waals surface area contributed by atoms with Crippen molar-refractivity contribution < 1.29 is 14.7 Å². The van der Waals surface area contributed by atoms with Crippen LogP contribution in [-0.2, 0) is 9.59 Å². The maximum absolute atomic E-state index is 12.8. The summed E-state index contributed by atoms with van der Waals surface area (Å²) in [5.74, 6) is -0.0517. The number of hydrogen-bond donors (Lipinski definition) is 1. The summed E-state index contributed by atoms with van der Waals surface area (Å²) >= 11 is 0. The third-order valence-electron chi connectivity index (χ3n) is 5.27. The smallest absolute Gasteiger partial charge is 0.228 e. The van der Waals surface area contributed by atoms with E-state index in [9.17, 15) is 14.7 Å². The van der Waals surface area contributed by atoms with Crippen LogP contribution in [0.3, 0.4) is 0 Å². The van der Waals surface area contributed by atoms with E-state index in [1.54, 1.807) is 11.8 Å². The number of likely N-dealkylation sites (tertiary alicyclic amines) is 1. The number of aliphatic hydroxyl groups is 1. The highest BCUT2D eigenvalue weighted by atomic mass is 16.3. The molecule has 0 radical (unpaired) electrons. The first-order valence-corrected chi connectivity index (χ1v) is 8.79. The molecule has 1 N–H and O–H groups in total. The summed E-state index contributed by atoms with van der Waals surface area (Å²) in [4.78, 5) is 28.7. The molecule has 5 heteroatoms. The van der Waals surface area contributed by atoms with Gasteiger partial charge in [-0.1, -0.05) is 17.7 Å². The molecule has 2 heterocycles. The van der Waals surface area contributed by atoms with Crippen molar-refractivity contribution in [3.05, 3.63) is 29.8 Å². The average Bonchev–Trinajstić information content (AvgIpc) is 2.97. The fourth-order valence-electron chi connectivity index (χ4n) is 3.71. The minimum absolute atomic E-state index is 0.0151. The van der Waals surface area contributed by atoms with E-state index in [1.807, 2.05) is 36.1 Å². The van der Waals surface area contributed by atoms with Crippen LogP contribution in [0.1, 0.15) is 31.7 Å². The van der Waals surface area contributed by atoms with Crippen molar-refractivity contribution in [3.8, 4) is 0 Å². The topological polar surface area (TPSA) is 60.9 Å². The fraction of sp³-hybridized carbons (Fsp3) is 0.579. The zero-order valence-electron chi connectivity index (χ0n) is 14.4. The van der Waals surface area contributed by atoms with Gasteiger partial charge in [-0.3, -0.25) is 9.59 Å². The van der Waals surface area contributed by atoms with Crippen molar-refractivity contribution in [1.29, 1.82) is 0 Å². The van der Waals surface area contributed by atoms with Crippen LogP contribution in [0.4, 0.5) is 5.69 Å². The van der Waals surface area contributed by atoms with Gasteiger partial charge in [0, 0.05) is 37.7 Å². The van der Waals surface area contributed by atoms with E-state index in [2.05, 4.69) is 0 Å². The molecule has 24 heavy (non-hydrogen) atoms. The lowest BCUT2D eigenvalue weighted by atomic mass is 9.92. The normalized spacial score (nSPS) is 25.9. The van der Waals surface area contributed by atoms with Crippen molar-refractivity contribution in [1.82, 2.24) is 4.90 Å². The van der Waals surface area contributed by atoms with E-state index >= 15 is 0 Å². The molecule has 2 saturated heterocycles. The molecule has 0 spiro atoms. The molecular formula is C19H26N2O3. The standard InChI is InChI=1S/C19H26N2O3/c1-13-5-7-17(8-6-13)21-12-16(10-18(21)23)19(24)20-9-3-4-15(11-20)14(2)22/h5-8,14-16,22H,3-4,9-12H2,1-2H3. The van der Waals surface area contributed by atoms with Crippen LogP contribution in [0.25, 0.3) is 0 Å². The molecular weight excluding hydrogens is 304 g/mol. The maximum atomic E-state index is 12.8. The maximum Gasteiger partial charge on any atom is 0.228 e. The van der Waals surface area contributed by atoms with Crippen molar-refractivity contribution in [2.24, 2.45) is 11.8 Å². The van der Waals surface area contributed by atoms with Gasteiger partial charge in [0.05, 0.1) is 12.0 Å². The lowest BCUT2D eigenvalue weighted by molar-refractivity contribution is -0.138. The lowest BCUT2D eigenvalue weighted by Crippen LogP contribution is -2.45. The Labute approximate surface area is 143 Å². The van der Waals surface area contributed by atoms with Crippen molar-refractivity contribution in [3.63, 3.8) is 0 Å². The Morgan fingerprint density at radius 1 is 1.25 bits per heavy atom. The first kappa shape index (κ1) is 17.0. The molecule has 0 bridgehead atoms. The fourth-order valence-corrected chi connectivity index (χ4v) is 3.71. The van der Waals surface area contributed by atoms with E-state index in [-0.39, 0.29) is 30.1 Å². The van der Waals surface area contributed by atoms with Gasteiger partial charge in [0.1, 0.15) is 0 Å². The van der Waals surface area contributed by atoms with E-state index in [1.165, 1.54) is 0 Å². The van der Waals surface area contributed by atoms with Gasteiger partial charge in [-0.25, -0.2) is 0 Å². The van der Waals surface area contributed by atoms with Gasteiger partial charge in [0.15, 0.2) is 0 Å². The van der Waals surface area contributed by atoms with Crippen LogP contribution in [0.5, 0.6) is 0 Å². The number of benzene rings is 1. The molecule has 1 aromatic rings. The van der Waals surface area contributed by atoms with E-state index in [0.29, 0.717) is 13.1 Å². The number of hydrogen-bond acceptors (Lipinski definition) is 3. The number of carbonyl (C=O) groups excluding carboxylic acids is 2. The molecule has 2 fully saturated rings. The van der Waals surface area contributed by atoms with Gasteiger partial charge >= 0.3 is 0 Å². The Hall–Kier alpha value is -1.88. The van der Waals surface area contributed by atoms with Crippen LogP contribution in [0.2, 0.25) is 0 Å². The number of piperidine rings is 1. The number of anilines is 1. The second kappa shape index (κ2) is 6.93. The number of carbonyl (C=O) groups is 2. The molecule has 2 aliphatic heterocycles. The molecule has 3 unspecified atom stereocenters. The largest absolute Gasteiger partial charge is 0.393 e. The van der Waals surface area contributed by atoms with Crippen molar-refractivity contribution >= 4 is 17.5 Å². The summed E-state index contributed by atoms with van der Waals surface area (Å²) in [6.45, 7) is 5.59. The Kier molecular flexibility index (Phi) is 4.90. The van der Waals surface area contributed by atoms with Gasteiger partial charge in [0.25, 0.3) is 0 Å². The highest BCUT2D eigenvalue weighted by molar-refractivity contribution is 6.00. The molecule has 5 nitrogen and oxygen atoms in total. The molecule has 130 valence electrons. The Bertz CT molecular complexity index is 612. The Balaban J connectivity index is 1.66. The average molecular weight is 330 g/mol. The van der Waals surface area contributed by atoms with Gasteiger partial charge in [-0.2, -0.15) is 0 Å². The zero-order valence-corrected chi connectivity index (χ0v) is 14.4. The third kappa shape index (κ3) is 3.46. The van der Waals surface area contributed by atoms with Crippen molar-refractivity contribution in [2.45, 2.75) is 39.2 Å². The Morgan fingerprint density at radius 3 is 2.62 bits per heavy atom. The number of amides is 2. The predicted molar refractivity (Wildman–Crippen MR) is 92.6 cm³/mol. The first-order valence-electron chi connectivity index (χ1n) is 8.79. The molecule has 1 aromatic carbocycles. The lowest BCUT2D eigenvalue weighted by Gasteiger charge is -2.35. The summed E-state index contributed by atoms with van der Waals surface area (Å²) in [5.41, 5.74) is 2.01. The summed E-state index contributed by atoms with van der Waals surface area (Å²) < 4.78 is 0. The highest BCUT2D eigenvalue weighted by Crippen LogP contribution is 2.28. The van der Waals surface area contributed by atoms with Crippen molar-refractivity contribution in [2.75, 3.05) is 24.5 Å². The van der Waals surface area contributed by atoms with E-state index in [4.69, 9.17) is 0 Å². The quantitative estimate of drug-likeness (QED) is 0.922. The van der Waals surface area contributed by atoms with E-state index < -0.39 is 6.10 Å². The zero-order chi connectivity index (χ0) is 17.3. The summed E-state index contributed by atoms with van der Waals surface area (Å²) in [6, 6.07) is 7.83. The molecule has 3 rings (SSSR count). The minimum atomic E-state index is -0.394. The van der Waals surface area contributed by atoms with E-state index in [0.717, 1.165) is 30.6 Å². The highest BCUT2D eigenvalue weighted by Gasteiger charge is 2.38. The van der Waals surface area contributed by atoms with Gasteiger partial charge in [-0.05, 0) is 38.8 Å². The third-order valence-corrected chi connectivity index (χ3v) is 5.27. The summed E-state index contributed by atoms with van der Waals surface area (Å²) in [5, 5.41) is 9.80. The summed E-state index contributed by atoms with van der Waals surface area (Å²) in [6.07, 6.45) is 1.77. The molecule has 2 aliphatic rings. The summed E-state index contributed by atoms with van der Waals surface area (Å²) in [7, 11) is 0. The van der Waals surface area contributed by atoms with Crippen LogP contribution in [0, 0.1) is 18.8 Å². The number of aliphatic hydroxyl groups excluding tert-OH is 1. The SMILES string of the molecule is Cc1ccc(N2CC(C(=O)N3CCCC(C(C)O)C3)CC2=O)cc1. The number of nitrogens with zero attached hydrogens (tertiary/aromatic N) is 2. The van der Waals surface area contributed by atoms with Crippen LogP contribution < -0.4 is 4.90 Å². The molecule has 3 atom stereocenters. The Morgan fingerprint density at radius 2 is 1.96 bits per heavy atom. The van der Waals surface area contributed by atoms with Crippen LogP contribution >= 0.6 is 0 Å². The second-order valence-electron chi connectivity index (χ2n) is 7.17.